The number of nitrogens with one attached hydrogen (secondary N) is 2. The molecule has 0 bridgehead atoms. The van der Waals surface area contributed by atoms with Crippen molar-refractivity contribution in [3.8, 4) is 0 Å². The number of primary amides is 1. The first-order valence-electron chi connectivity index (χ1n) is 6.98. The summed E-state index contributed by atoms with van der Waals surface area (Å²) in [5.74, 6) is -0.417. The van der Waals surface area contributed by atoms with Crippen molar-refractivity contribution in [3.63, 3.8) is 0 Å². The van der Waals surface area contributed by atoms with Crippen LogP contribution in [-0.2, 0) is 14.3 Å². The summed E-state index contributed by atoms with van der Waals surface area (Å²) in [5.41, 5.74) is 6.29. The topological polar surface area (TPSA) is 132 Å². The molecule has 0 aliphatic carbocycles. The van der Waals surface area contributed by atoms with Gasteiger partial charge in [-0.15, -0.1) is 0 Å². The van der Waals surface area contributed by atoms with Crippen LogP contribution in [0.2, 0.25) is 0 Å². The Hall–Kier alpha value is -2.58. The second kappa shape index (κ2) is 10.2. The molecule has 0 aromatic rings. The molecule has 9 heteroatoms. The number of urea groups is 1. The molecule has 0 aliphatic heterocycles. The third-order valence-corrected chi connectivity index (χ3v) is 2.14. The molecular formula is C14H24N4O5. The zero-order chi connectivity index (χ0) is 17.9. The van der Waals surface area contributed by atoms with Gasteiger partial charge in [0.25, 0.3) is 0 Å². The molecule has 0 saturated carbocycles. The first-order valence-corrected chi connectivity index (χ1v) is 6.98. The maximum absolute atomic E-state index is 11.7. The largest absolute Gasteiger partial charge is 0.460 e. The summed E-state index contributed by atoms with van der Waals surface area (Å²) in [7, 11) is 0. The van der Waals surface area contributed by atoms with E-state index in [0.29, 0.717) is 0 Å². The number of nitrogens with two attached hydrogens (primary N) is 1. The highest BCUT2D eigenvalue weighted by molar-refractivity contribution is 5.78. The Morgan fingerprint density at radius 2 is 2.00 bits per heavy atom. The normalized spacial score (nSPS) is 12.3. The summed E-state index contributed by atoms with van der Waals surface area (Å²) in [4.78, 5) is 33.8. The van der Waals surface area contributed by atoms with E-state index in [1.807, 2.05) is 5.43 Å². The van der Waals surface area contributed by atoms with Gasteiger partial charge in [0.2, 0.25) is 0 Å². The fourth-order valence-electron chi connectivity index (χ4n) is 1.37. The van der Waals surface area contributed by atoms with Crippen molar-refractivity contribution in [3.05, 3.63) is 12.7 Å². The van der Waals surface area contributed by atoms with Crippen molar-refractivity contribution in [1.82, 2.24) is 10.7 Å². The fraction of sp³-hybridized carbons (Fsp3) is 0.571. The van der Waals surface area contributed by atoms with Gasteiger partial charge >= 0.3 is 18.1 Å². The van der Waals surface area contributed by atoms with Crippen LogP contribution >= 0.6 is 0 Å². The summed E-state index contributed by atoms with van der Waals surface area (Å²) >= 11 is 0. The van der Waals surface area contributed by atoms with Crippen LogP contribution in [0.1, 0.15) is 33.6 Å². The minimum Gasteiger partial charge on any atom is -0.460 e. The second-order valence-electron chi connectivity index (χ2n) is 5.52. The van der Waals surface area contributed by atoms with E-state index in [1.165, 1.54) is 12.3 Å². The van der Waals surface area contributed by atoms with Gasteiger partial charge in [0.1, 0.15) is 12.2 Å². The lowest BCUT2D eigenvalue weighted by Gasteiger charge is -2.20. The molecule has 3 amide bonds. The highest BCUT2D eigenvalue weighted by Crippen LogP contribution is 2.09. The number of carbonyl (C=O) groups is 3. The maximum atomic E-state index is 11.7. The van der Waals surface area contributed by atoms with Gasteiger partial charge in [-0.25, -0.2) is 15.0 Å². The lowest BCUT2D eigenvalue weighted by atomic mass is 10.1. The number of esters is 1. The number of hydrogen-bond donors (Lipinski definition) is 3. The number of rotatable bonds is 8. The van der Waals surface area contributed by atoms with E-state index in [4.69, 9.17) is 15.2 Å². The molecule has 0 heterocycles. The predicted octanol–water partition coefficient (Wildman–Crippen LogP) is 1.04. The Kier molecular flexibility index (Phi) is 9.05. The number of carbonyl (C=O) groups excluding carboxylic acids is 3. The minimum atomic E-state index is -0.846. The van der Waals surface area contributed by atoms with Crippen LogP contribution in [0.5, 0.6) is 0 Å². The molecule has 0 aromatic carbocycles. The van der Waals surface area contributed by atoms with E-state index >= 15 is 0 Å². The van der Waals surface area contributed by atoms with E-state index in [0.717, 1.165) is 0 Å². The Bertz CT molecular complexity index is 457. The zero-order valence-electron chi connectivity index (χ0n) is 13.6. The molecule has 4 N–H and O–H groups in total. The van der Waals surface area contributed by atoms with Crippen LogP contribution in [0.4, 0.5) is 9.59 Å². The van der Waals surface area contributed by atoms with Gasteiger partial charge in [-0.05, 0) is 27.2 Å². The number of ether oxygens (including phenoxy) is 2. The fourth-order valence-corrected chi connectivity index (χ4v) is 1.37. The average molecular weight is 328 g/mol. The van der Waals surface area contributed by atoms with E-state index in [9.17, 15) is 14.4 Å². The predicted molar refractivity (Wildman–Crippen MR) is 84.8 cm³/mol. The molecule has 23 heavy (non-hydrogen) atoms. The number of alkyl carbamates (subject to hydrolysis) is 1. The number of hydrogen-bond acceptors (Lipinski definition) is 6. The monoisotopic (exact) mass is 328 g/mol. The van der Waals surface area contributed by atoms with Crippen LogP contribution in [0, 0.1) is 0 Å². The summed E-state index contributed by atoms with van der Waals surface area (Å²) in [6, 6.07) is -1.49. The Morgan fingerprint density at radius 3 is 2.52 bits per heavy atom. The quantitative estimate of drug-likeness (QED) is 0.265. The van der Waals surface area contributed by atoms with E-state index < -0.39 is 29.7 Å². The van der Waals surface area contributed by atoms with Gasteiger partial charge in [-0.2, -0.15) is 5.10 Å². The molecule has 9 nitrogen and oxygen atoms in total. The lowest BCUT2D eigenvalue weighted by Crippen LogP contribution is -2.38. The van der Waals surface area contributed by atoms with Gasteiger partial charge in [0.05, 0.1) is 6.04 Å². The SMILES string of the molecule is C=CCOC(=O)N[C@H](C=NNC(N)=O)CCC(=O)OC(C)(C)C. The third kappa shape index (κ3) is 12.8. The van der Waals surface area contributed by atoms with Crippen LogP contribution in [0.3, 0.4) is 0 Å². The van der Waals surface area contributed by atoms with Crippen LogP contribution in [0.15, 0.2) is 17.8 Å². The molecule has 0 aliphatic rings. The summed E-state index contributed by atoms with van der Waals surface area (Å²) in [6.07, 6.45) is 2.21. The van der Waals surface area contributed by atoms with Crippen LogP contribution in [-0.4, -0.2) is 42.6 Å². The molecule has 1 atom stereocenters. The van der Waals surface area contributed by atoms with Crippen molar-refractivity contribution in [2.24, 2.45) is 10.8 Å². The first kappa shape index (κ1) is 20.4. The average Bonchev–Trinajstić information content (AvgIpc) is 2.40. The van der Waals surface area contributed by atoms with Gasteiger partial charge in [0, 0.05) is 12.6 Å². The van der Waals surface area contributed by atoms with Gasteiger partial charge in [-0.1, -0.05) is 12.7 Å². The first-order chi connectivity index (χ1) is 10.6. The van der Waals surface area contributed by atoms with Crippen molar-refractivity contribution < 1.29 is 23.9 Å². The maximum Gasteiger partial charge on any atom is 0.407 e. The highest BCUT2D eigenvalue weighted by atomic mass is 16.6. The zero-order valence-corrected chi connectivity index (χ0v) is 13.6. The number of nitrogens with zero attached hydrogens (tertiary/aromatic N) is 1. The highest BCUT2D eigenvalue weighted by Gasteiger charge is 2.18. The van der Waals surface area contributed by atoms with Gasteiger partial charge in [-0.3, -0.25) is 4.79 Å². The molecule has 0 spiro atoms. The Morgan fingerprint density at radius 1 is 1.35 bits per heavy atom. The van der Waals surface area contributed by atoms with E-state index in [2.05, 4.69) is 17.0 Å². The van der Waals surface area contributed by atoms with Crippen molar-refractivity contribution in [2.45, 2.75) is 45.3 Å². The summed E-state index contributed by atoms with van der Waals surface area (Å²) in [5, 5.41) is 6.05. The van der Waals surface area contributed by atoms with Crippen LogP contribution < -0.4 is 16.5 Å². The molecule has 130 valence electrons. The molecule has 0 aromatic heterocycles. The van der Waals surface area contributed by atoms with E-state index in [1.54, 1.807) is 20.8 Å². The summed E-state index contributed by atoms with van der Waals surface area (Å²) < 4.78 is 9.95. The lowest BCUT2D eigenvalue weighted by molar-refractivity contribution is -0.154. The van der Waals surface area contributed by atoms with Crippen LogP contribution in [0.25, 0.3) is 0 Å². The van der Waals surface area contributed by atoms with Crippen molar-refractivity contribution in [1.29, 1.82) is 0 Å². The smallest absolute Gasteiger partial charge is 0.407 e. The van der Waals surface area contributed by atoms with Crippen molar-refractivity contribution in [2.75, 3.05) is 6.61 Å². The van der Waals surface area contributed by atoms with Gasteiger partial charge in [0.15, 0.2) is 0 Å². The van der Waals surface area contributed by atoms with Gasteiger partial charge < -0.3 is 20.5 Å². The Labute approximate surface area is 135 Å². The standard InChI is InChI=1S/C14H24N4O5/c1-5-8-22-13(21)17-10(9-16-18-12(15)20)6-7-11(19)23-14(2,3)4/h5,9-10H,1,6-8H2,2-4H3,(H,17,21)(H3,15,18,20)/t10-/m0/s1. The minimum absolute atomic E-state index is 0.0430. The molecule has 0 unspecified atom stereocenters. The Balaban J connectivity index is 4.55. The molecular weight excluding hydrogens is 304 g/mol. The molecule has 0 radical (unpaired) electrons. The third-order valence-electron chi connectivity index (χ3n) is 2.14. The molecule has 0 saturated heterocycles. The van der Waals surface area contributed by atoms with E-state index in [-0.39, 0.29) is 19.4 Å². The van der Waals surface area contributed by atoms with Crippen molar-refractivity contribution >= 4 is 24.3 Å². The number of amides is 3. The number of hydrazone groups is 1. The molecule has 0 rings (SSSR count). The summed E-state index contributed by atoms with van der Waals surface area (Å²) in [6.45, 7) is 8.73. The second-order valence-corrected chi connectivity index (χ2v) is 5.52. The molecule has 0 fully saturated rings.